The number of hydrogen-bond acceptors (Lipinski definition) is 4. The zero-order valence-electron chi connectivity index (χ0n) is 9.45. The largest absolute Gasteiger partial charge is 0.506 e. The number of nitro groups is 1. The van der Waals surface area contributed by atoms with Crippen LogP contribution in [0.4, 0.5) is 18.9 Å². The first kappa shape index (κ1) is 15.7. The normalized spacial score (nSPS) is 13.3. The van der Waals surface area contributed by atoms with Crippen molar-refractivity contribution in [1.29, 1.82) is 0 Å². The number of non-ortho nitro benzene ring substituents is 1. The van der Waals surface area contributed by atoms with Gasteiger partial charge in [-0.1, -0.05) is 0 Å². The minimum absolute atomic E-state index is 0.0131. The maximum atomic E-state index is 12.1. The number of aromatic hydroxyl groups is 1. The highest BCUT2D eigenvalue weighted by atomic mass is 79.9. The fourth-order valence-corrected chi connectivity index (χ4v) is 1.93. The number of nitro benzene ring substituents is 1. The van der Waals surface area contributed by atoms with Crippen LogP contribution >= 0.6 is 15.9 Å². The van der Waals surface area contributed by atoms with Crippen molar-refractivity contribution in [3.63, 3.8) is 0 Å². The molecule has 0 fully saturated rings. The molecule has 0 aromatic heterocycles. The van der Waals surface area contributed by atoms with Crippen LogP contribution in [0.25, 0.3) is 0 Å². The number of benzene rings is 1. The van der Waals surface area contributed by atoms with Crippen molar-refractivity contribution < 1.29 is 23.2 Å². The highest BCUT2D eigenvalue weighted by molar-refractivity contribution is 9.10. The van der Waals surface area contributed by atoms with E-state index in [1.165, 1.54) is 0 Å². The molecule has 0 amide bonds. The molecule has 3 N–H and O–H groups in total. The minimum Gasteiger partial charge on any atom is -0.506 e. The van der Waals surface area contributed by atoms with Crippen molar-refractivity contribution in [3.8, 4) is 5.75 Å². The summed E-state index contributed by atoms with van der Waals surface area (Å²) in [5, 5.41) is 20.3. The summed E-state index contributed by atoms with van der Waals surface area (Å²) in [7, 11) is 0. The number of alkyl halides is 3. The second kappa shape index (κ2) is 5.74. The van der Waals surface area contributed by atoms with Gasteiger partial charge in [0.2, 0.25) is 0 Å². The Morgan fingerprint density at radius 3 is 2.53 bits per heavy atom. The van der Waals surface area contributed by atoms with E-state index >= 15 is 0 Å². The fraction of sp³-hybridized carbons (Fsp3) is 0.400. The maximum absolute atomic E-state index is 12.1. The van der Waals surface area contributed by atoms with Crippen molar-refractivity contribution >= 4 is 21.6 Å². The molecular weight excluding hydrogens is 333 g/mol. The van der Waals surface area contributed by atoms with E-state index in [0.717, 1.165) is 12.1 Å². The average Bonchev–Trinajstić information content (AvgIpc) is 2.28. The Morgan fingerprint density at radius 2 is 2.05 bits per heavy atom. The number of rotatable bonds is 4. The van der Waals surface area contributed by atoms with E-state index in [1.807, 2.05) is 0 Å². The van der Waals surface area contributed by atoms with Crippen LogP contribution in [-0.4, -0.2) is 16.2 Å². The molecule has 1 atom stereocenters. The van der Waals surface area contributed by atoms with E-state index in [4.69, 9.17) is 5.73 Å². The highest BCUT2D eigenvalue weighted by Gasteiger charge is 2.29. The van der Waals surface area contributed by atoms with Gasteiger partial charge < -0.3 is 10.8 Å². The summed E-state index contributed by atoms with van der Waals surface area (Å²) in [6, 6.07) is 0.883. The monoisotopic (exact) mass is 342 g/mol. The molecule has 9 heteroatoms. The lowest BCUT2D eigenvalue weighted by atomic mass is 10.0. The molecule has 1 rings (SSSR count). The lowest BCUT2D eigenvalue weighted by molar-refractivity contribution is -0.385. The number of phenolic OH excluding ortho intramolecular Hbond substituents is 1. The predicted octanol–water partition coefficient (Wildman–Crippen LogP) is 3.41. The number of nitrogens with zero attached hydrogens (tertiary/aromatic N) is 1. The van der Waals surface area contributed by atoms with Crippen LogP contribution in [0, 0.1) is 10.1 Å². The van der Waals surface area contributed by atoms with Crippen LogP contribution in [0.3, 0.4) is 0 Å². The van der Waals surface area contributed by atoms with Crippen molar-refractivity contribution in [2.75, 3.05) is 0 Å². The van der Waals surface area contributed by atoms with Crippen molar-refractivity contribution in [1.82, 2.24) is 0 Å². The van der Waals surface area contributed by atoms with E-state index in [9.17, 15) is 28.4 Å². The van der Waals surface area contributed by atoms with Crippen molar-refractivity contribution in [2.24, 2.45) is 5.73 Å². The number of halogens is 4. The third kappa shape index (κ3) is 4.35. The molecule has 19 heavy (non-hydrogen) atoms. The fourth-order valence-electron chi connectivity index (χ4n) is 1.47. The van der Waals surface area contributed by atoms with Gasteiger partial charge in [-0.2, -0.15) is 13.2 Å². The Morgan fingerprint density at radius 1 is 1.47 bits per heavy atom. The van der Waals surface area contributed by atoms with Crippen molar-refractivity contribution in [3.05, 3.63) is 32.3 Å². The van der Waals surface area contributed by atoms with E-state index in [0.29, 0.717) is 0 Å². The second-order valence-electron chi connectivity index (χ2n) is 3.88. The second-order valence-corrected chi connectivity index (χ2v) is 4.74. The Balaban J connectivity index is 3.01. The van der Waals surface area contributed by atoms with Gasteiger partial charge in [0.05, 0.1) is 9.40 Å². The summed E-state index contributed by atoms with van der Waals surface area (Å²) in [6.45, 7) is 0. The molecule has 0 saturated heterocycles. The topological polar surface area (TPSA) is 89.4 Å². The van der Waals surface area contributed by atoms with Gasteiger partial charge in [0, 0.05) is 30.2 Å². The van der Waals surface area contributed by atoms with Crippen LogP contribution in [-0.2, 0) is 0 Å². The Labute approximate surface area is 114 Å². The zero-order valence-corrected chi connectivity index (χ0v) is 11.0. The summed E-state index contributed by atoms with van der Waals surface area (Å²) < 4.78 is 36.3. The standard InChI is InChI=1S/C10H10BrF3N2O3/c11-7-4-5(16(18)19)3-6(9(7)17)8(15)1-2-10(12,13)14/h3-4,8,17H,1-2,15H2/t8-/m0/s1. The van der Waals surface area contributed by atoms with Crippen LogP contribution in [0.2, 0.25) is 0 Å². The molecule has 0 aliphatic carbocycles. The molecule has 0 saturated carbocycles. The maximum Gasteiger partial charge on any atom is 0.389 e. The minimum atomic E-state index is -4.37. The molecule has 106 valence electrons. The molecule has 1 aromatic rings. The first-order chi connectivity index (χ1) is 8.61. The van der Waals surface area contributed by atoms with Crippen LogP contribution in [0.5, 0.6) is 5.75 Å². The molecule has 0 aliphatic rings. The third-order valence-electron chi connectivity index (χ3n) is 2.43. The molecule has 0 aliphatic heterocycles. The molecular formula is C10H10BrF3N2O3. The van der Waals surface area contributed by atoms with Gasteiger partial charge in [0.1, 0.15) is 5.75 Å². The molecule has 0 radical (unpaired) electrons. The number of hydrogen-bond donors (Lipinski definition) is 2. The summed E-state index contributed by atoms with van der Waals surface area (Å²) in [5.74, 6) is -0.389. The van der Waals surface area contributed by atoms with Gasteiger partial charge in [-0.05, 0) is 22.4 Å². The summed E-state index contributed by atoms with van der Waals surface area (Å²) in [5.41, 5.74) is 5.09. The van der Waals surface area contributed by atoms with Crippen molar-refractivity contribution in [2.45, 2.75) is 25.1 Å². The molecule has 0 bridgehead atoms. The Hall–Kier alpha value is -1.35. The summed E-state index contributed by atoms with van der Waals surface area (Å²) >= 11 is 2.89. The van der Waals surface area contributed by atoms with Gasteiger partial charge in [-0.25, -0.2) is 0 Å². The number of phenols is 1. The smallest absolute Gasteiger partial charge is 0.389 e. The molecule has 5 nitrogen and oxygen atoms in total. The zero-order chi connectivity index (χ0) is 14.8. The molecule has 1 aromatic carbocycles. The molecule has 0 spiro atoms. The predicted molar refractivity (Wildman–Crippen MR) is 64.7 cm³/mol. The van der Waals surface area contributed by atoms with E-state index in [-0.39, 0.29) is 21.5 Å². The van der Waals surface area contributed by atoms with Crippen LogP contribution in [0.1, 0.15) is 24.4 Å². The SMILES string of the molecule is N[C@@H](CCC(F)(F)F)c1cc([N+](=O)[O-])cc(Br)c1O. The van der Waals surface area contributed by atoms with Gasteiger partial charge in [0.15, 0.2) is 0 Å². The van der Waals surface area contributed by atoms with Crippen LogP contribution in [0.15, 0.2) is 16.6 Å². The third-order valence-corrected chi connectivity index (χ3v) is 3.03. The van der Waals surface area contributed by atoms with Crippen LogP contribution < -0.4 is 5.73 Å². The number of nitrogens with two attached hydrogens (primary N) is 1. The van der Waals surface area contributed by atoms with Gasteiger partial charge in [-0.15, -0.1) is 0 Å². The van der Waals surface area contributed by atoms with E-state index in [1.54, 1.807) is 0 Å². The first-order valence-corrected chi connectivity index (χ1v) is 5.90. The average molecular weight is 343 g/mol. The molecule has 0 heterocycles. The summed E-state index contributed by atoms with van der Waals surface area (Å²) in [4.78, 5) is 9.92. The van der Waals surface area contributed by atoms with E-state index < -0.39 is 30.0 Å². The van der Waals surface area contributed by atoms with Gasteiger partial charge in [0.25, 0.3) is 5.69 Å². The summed E-state index contributed by atoms with van der Waals surface area (Å²) in [6.07, 6.45) is -5.97. The van der Waals surface area contributed by atoms with E-state index in [2.05, 4.69) is 15.9 Å². The lowest BCUT2D eigenvalue weighted by Gasteiger charge is -2.15. The lowest BCUT2D eigenvalue weighted by Crippen LogP contribution is -2.16. The van der Waals surface area contributed by atoms with Gasteiger partial charge >= 0.3 is 6.18 Å². The first-order valence-electron chi connectivity index (χ1n) is 5.11. The Bertz CT molecular complexity index is 494. The Kier molecular flexibility index (Phi) is 4.75. The molecule has 0 unspecified atom stereocenters. The van der Waals surface area contributed by atoms with Gasteiger partial charge in [-0.3, -0.25) is 10.1 Å². The quantitative estimate of drug-likeness (QED) is 0.648. The highest BCUT2D eigenvalue weighted by Crippen LogP contribution is 2.37.